The van der Waals surface area contributed by atoms with Crippen molar-refractivity contribution in [1.29, 1.82) is 0 Å². The number of aliphatic hydroxyl groups excluding tert-OH is 1. The molecule has 0 unspecified atom stereocenters. The smallest absolute Gasteiger partial charge is 0.332 e. The number of amides is 1. The van der Waals surface area contributed by atoms with E-state index in [0.717, 1.165) is 0 Å². The number of carbonyl (C=O) groups excluding carboxylic acids is 3. The third-order valence-electron chi connectivity index (χ3n) is 5.41. The van der Waals surface area contributed by atoms with Gasteiger partial charge in [-0.1, -0.05) is 13.8 Å². The Bertz CT molecular complexity index is 551. The Kier molecular flexibility index (Phi) is 5.73. The summed E-state index contributed by atoms with van der Waals surface area (Å²) in [5.74, 6) is -2.38. The maximum Gasteiger partial charge on any atom is 0.332 e. The van der Waals surface area contributed by atoms with Crippen LogP contribution < -0.4 is 11.1 Å². The van der Waals surface area contributed by atoms with E-state index in [4.69, 9.17) is 10.5 Å². The number of nitrogens with one attached hydrogen (secondary N) is 1. The summed E-state index contributed by atoms with van der Waals surface area (Å²) in [7, 11) is 1.29. The van der Waals surface area contributed by atoms with Crippen LogP contribution in [0.2, 0.25) is 0 Å². The lowest BCUT2D eigenvalue weighted by Crippen LogP contribution is -2.61. The van der Waals surface area contributed by atoms with Crippen LogP contribution in [0.1, 0.15) is 33.6 Å². The first kappa shape index (κ1) is 19.7. The number of nitrogens with two attached hydrogens (primary N) is 1. The van der Waals surface area contributed by atoms with Gasteiger partial charge in [-0.05, 0) is 24.7 Å². The fourth-order valence-electron chi connectivity index (χ4n) is 4.03. The van der Waals surface area contributed by atoms with Gasteiger partial charge in [-0.3, -0.25) is 9.59 Å². The maximum atomic E-state index is 12.7. The molecule has 8 nitrogen and oxygen atoms in total. The molecule has 0 aromatic heterocycles. The zero-order valence-electron chi connectivity index (χ0n) is 15.2. The molecule has 2 aliphatic rings. The summed E-state index contributed by atoms with van der Waals surface area (Å²) in [6.07, 6.45) is -0.634. The van der Waals surface area contributed by atoms with Crippen molar-refractivity contribution in [1.82, 2.24) is 5.32 Å². The van der Waals surface area contributed by atoms with Crippen LogP contribution in [-0.4, -0.2) is 54.4 Å². The monoisotopic (exact) mass is 356 g/mol. The van der Waals surface area contributed by atoms with E-state index in [1.807, 2.05) is 13.8 Å². The molecular formula is C17H28N2O6. The molecule has 2 fully saturated rings. The Labute approximate surface area is 147 Å². The van der Waals surface area contributed by atoms with Gasteiger partial charge in [0, 0.05) is 18.8 Å². The summed E-state index contributed by atoms with van der Waals surface area (Å²) in [5.41, 5.74) is 4.56. The molecule has 0 radical (unpaired) electrons. The molecule has 0 aliphatic heterocycles. The van der Waals surface area contributed by atoms with Crippen LogP contribution in [0.4, 0.5) is 0 Å². The van der Waals surface area contributed by atoms with Gasteiger partial charge in [0.15, 0.2) is 0 Å². The Hall–Kier alpha value is -1.67. The molecular weight excluding hydrogens is 328 g/mol. The summed E-state index contributed by atoms with van der Waals surface area (Å²) in [6.45, 7) is 5.45. The van der Waals surface area contributed by atoms with Crippen LogP contribution in [0.3, 0.4) is 0 Å². The predicted octanol–water partition coefficient (Wildman–Crippen LogP) is -0.422. The molecule has 0 aromatic carbocycles. The fraction of sp³-hybridized carbons (Fsp3) is 0.824. The molecule has 0 spiro atoms. The largest absolute Gasteiger partial charge is 0.469 e. The van der Waals surface area contributed by atoms with Crippen LogP contribution in [0.5, 0.6) is 0 Å². The Morgan fingerprint density at radius 1 is 1.36 bits per heavy atom. The lowest BCUT2D eigenvalue weighted by molar-refractivity contribution is -0.156. The molecule has 1 amide bonds. The second-order valence-corrected chi connectivity index (χ2v) is 7.27. The average Bonchev–Trinajstić information content (AvgIpc) is 3.18. The molecule has 4 N–H and O–H groups in total. The van der Waals surface area contributed by atoms with Crippen LogP contribution in [0.15, 0.2) is 0 Å². The molecule has 8 heteroatoms. The lowest BCUT2D eigenvalue weighted by Gasteiger charge is -2.33. The van der Waals surface area contributed by atoms with E-state index in [0.29, 0.717) is 0 Å². The summed E-state index contributed by atoms with van der Waals surface area (Å²) >= 11 is 0. The van der Waals surface area contributed by atoms with Gasteiger partial charge in [-0.25, -0.2) is 4.79 Å². The van der Waals surface area contributed by atoms with Crippen molar-refractivity contribution in [2.45, 2.75) is 51.3 Å². The molecule has 0 aromatic rings. The minimum Gasteiger partial charge on any atom is -0.469 e. The van der Waals surface area contributed by atoms with Crippen molar-refractivity contribution >= 4 is 17.8 Å². The zero-order valence-corrected chi connectivity index (χ0v) is 15.2. The van der Waals surface area contributed by atoms with Gasteiger partial charge in [0.1, 0.15) is 5.54 Å². The van der Waals surface area contributed by atoms with E-state index in [1.165, 1.54) is 7.11 Å². The molecule has 6 atom stereocenters. The van der Waals surface area contributed by atoms with E-state index in [-0.39, 0.29) is 43.1 Å². The zero-order chi connectivity index (χ0) is 18.9. The van der Waals surface area contributed by atoms with Gasteiger partial charge >= 0.3 is 11.9 Å². The van der Waals surface area contributed by atoms with Crippen molar-refractivity contribution in [3.63, 3.8) is 0 Å². The lowest BCUT2D eigenvalue weighted by atomic mass is 9.87. The standard InChI is InChI=1S/C17H28N2O6/c1-5-25-16(23)17(19-15(22)14(18)8(2)3)7-10(20)12-9(13(12)17)6-11(21)24-4/h8-10,12-14,20H,5-7,18H2,1-4H3,(H,19,22)/t9-,10-,12+,13+,14-,17-/m0/s1. The fourth-order valence-corrected chi connectivity index (χ4v) is 4.03. The number of aliphatic hydroxyl groups is 1. The number of ether oxygens (including phenoxy) is 2. The number of hydrogen-bond donors (Lipinski definition) is 3. The summed E-state index contributed by atoms with van der Waals surface area (Å²) < 4.78 is 9.86. The second-order valence-electron chi connectivity index (χ2n) is 7.27. The van der Waals surface area contributed by atoms with Crippen LogP contribution >= 0.6 is 0 Å². The summed E-state index contributed by atoms with van der Waals surface area (Å²) in [6, 6.07) is -0.777. The molecule has 25 heavy (non-hydrogen) atoms. The quantitative estimate of drug-likeness (QED) is 0.528. The first-order valence-electron chi connectivity index (χ1n) is 8.69. The van der Waals surface area contributed by atoms with E-state index in [1.54, 1.807) is 6.92 Å². The van der Waals surface area contributed by atoms with Crippen molar-refractivity contribution in [3.8, 4) is 0 Å². The Balaban J connectivity index is 2.26. The first-order chi connectivity index (χ1) is 11.7. The van der Waals surface area contributed by atoms with Gasteiger partial charge in [0.2, 0.25) is 5.91 Å². The van der Waals surface area contributed by atoms with Crippen molar-refractivity contribution < 1.29 is 29.0 Å². The van der Waals surface area contributed by atoms with Crippen molar-refractivity contribution in [2.75, 3.05) is 13.7 Å². The molecule has 2 saturated carbocycles. The highest BCUT2D eigenvalue weighted by molar-refractivity contribution is 5.92. The molecule has 2 rings (SSSR count). The van der Waals surface area contributed by atoms with Crippen LogP contribution in [0.25, 0.3) is 0 Å². The SMILES string of the molecule is CCOC(=O)[C@]1(NC(=O)[C@@H](N)C(C)C)C[C@H](O)[C@H]2[C@H](CC(=O)OC)[C@H]21. The van der Waals surface area contributed by atoms with Gasteiger partial charge in [0.05, 0.1) is 25.9 Å². The third kappa shape index (κ3) is 3.50. The summed E-state index contributed by atoms with van der Waals surface area (Å²) in [5, 5.41) is 13.1. The van der Waals surface area contributed by atoms with Gasteiger partial charge in [0.25, 0.3) is 0 Å². The van der Waals surface area contributed by atoms with Gasteiger partial charge in [-0.2, -0.15) is 0 Å². The first-order valence-corrected chi connectivity index (χ1v) is 8.69. The van der Waals surface area contributed by atoms with Crippen LogP contribution in [-0.2, 0) is 23.9 Å². The predicted molar refractivity (Wildman–Crippen MR) is 88.0 cm³/mol. The number of methoxy groups -OCH3 is 1. The highest BCUT2D eigenvalue weighted by Gasteiger charge is 2.73. The third-order valence-corrected chi connectivity index (χ3v) is 5.41. The van der Waals surface area contributed by atoms with Gasteiger partial charge in [-0.15, -0.1) is 0 Å². The minimum atomic E-state index is -1.34. The highest BCUT2D eigenvalue weighted by Crippen LogP contribution is 2.64. The van der Waals surface area contributed by atoms with E-state index < -0.39 is 35.5 Å². The normalized spacial score (nSPS) is 34.2. The number of rotatable bonds is 7. The molecule has 2 aliphatic carbocycles. The number of esters is 2. The van der Waals surface area contributed by atoms with Crippen LogP contribution in [0, 0.1) is 23.7 Å². The van der Waals surface area contributed by atoms with E-state index >= 15 is 0 Å². The number of carbonyl (C=O) groups is 3. The molecule has 0 saturated heterocycles. The Morgan fingerprint density at radius 2 is 2.00 bits per heavy atom. The van der Waals surface area contributed by atoms with Crippen molar-refractivity contribution in [3.05, 3.63) is 0 Å². The molecule has 0 heterocycles. The van der Waals surface area contributed by atoms with Gasteiger partial charge < -0.3 is 25.6 Å². The summed E-state index contributed by atoms with van der Waals surface area (Å²) in [4.78, 5) is 36.8. The second kappa shape index (κ2) is 7.29. The number of hydrogen-bond acceptors (Lipinski definition) is 7. The average molecular weight is 356 g/mol. The molecule has 142 valence electrons. The number of fused-ring (bicyclic) bond motifs is 1. The highest BCUT2D eigenvalue weighted by atomic mass is 16.5. The van der Waals surface area contributed by atoms with E-state index in [2.05, 4.69) is 10.1 Å². The van der Waals surface area contributed by atoms with Crippen molar-refractivity contribution in [2.24, 2.45) is 29.4 Å². The maximum absolute atomic E-state index is 12.7. The minimum absolute atomic E-state index is 0.0649. The topological polar surface area (TPSA) is 128 Å². The van der Waals surface area contributed by atoms with E-state index in [9.17, 15) is 19.5 Å². The molecule has 0 bridgehead atoms. The Morgan fingerprint density at radius 3 is 2.52 bits per heavy atom.